The molecule has 0 unspecified atom stereocenters. The zero-order valence-electron chi connectivity index (χ0n) is 12.7. The summed E-state index contributed by atoms with van der Waals surface area (Å²) in [5.74, 6) is 0.895. The minimum Gasteiger partial charge on any atom is -0.491 e. The normalized spacial score (nSPS) is 11.7. The van der Waals surface area contributed by atoms with Crippen LogP contribution in [0, 0.1) is 0 Å². The topological polar surface area (TPSA) is 34.1 Å². The molecule has 0 aliphatic carbocycles. The SMILES string of the molecule is CC(C)Oc1ccc(-c2csc(NC(C)(C)C)n2)cc1. The number of thiazole rings is 1. The molecule has 0 aliphatic rings. The van der Waals surface area contributed by atoms with Crippen molar-refractivity contribution in [3.63, 3.8) is 0 Å². The van der Waals surface area contributed by atoms with E-state index in [1.807, 2.05) is 38.1 Å². The van der Waals surface area contributed by atoms with Crippen LogP contribution in [0.4, 0.5) is 5.13 Å². The molecule has 0 bridgehead atoms. The quantitative estimate of drug-likeness (QED) is 0.877. The first-order valence-electron chi connectivity index (χ1n) is 6.84. The predicted molar refractivity (Wildman–Crippen MR) is 86.7 cm³/mol. The van der Waals surface area contributed by atoms with Crippen LogP contribution in [0.5, 0.6) is 5.75 Å². The Kier molecular flexibility index (Phi) is 4.33. The van der Waals surface area contributed by atoms with Gasteiger partial charge in [-0.2, -0.15) is 0 Å². The lowest BCUT2D eigenvalue weighted by Gasteiger charge is -2.19. The number of hydrogen-bond donors (Lipinski definition) is 1. The van der Waals surface area contributed by atoms with E-state index in [0.29, 0.717) is 0 Å². The highest BCUT2D eigenvalue weighted by Gasteiger charge is 2.12. The lowest BCUT2D eigenvalue weighted by atomic mass is 10.1. The molecule has 0 fully saturated rings. The summed E-state index contributed by atoms with van der Waals surface area (Å²) in [5, 5.41) is 6.42. The molecule has 0 aliphatic heterocycles. The summed E-state index contributed by atoms with van der Waals surface area (Å²) in [6.07, 6.45) is 0.197. The van der Waals surface area contributed by atoms with Crippen LogP contribution in [-0.4, -0.2) is 16.6 Å². The molecule has 0 amide bonds. The van der Waals surface area contributed by atoms with Gasteiger partial charge in [0.1, 0.15) is 5.75 Å². The predicted octanol–water partition coefficient (Wildman–Crippen LogP) is 4.81. The Morgan fingerprint density at radius 2 is 1.80 bits per heavy atom. The lowest BCUT2D eigenvalue weighted by molar-refractivity contribution is 0.242. The standard InChI is InChI=1S/C16H22N2OS/c1-11(2)19-13-8-6-12(7-9-13)14-10-20-15(17-14)18-16(3,4)5/h6-11H,1-5H3,(H,17,18). The van der Waals surface area contributed by atoms with E-state index in [9.17, 15) is 0 Å². The molecule has 3 nitrogen and oxygen atoms in total. The number of nitrogens with zero attached hydrogens (tertiary/aromatic N) is 1. The smallest absolute Gasteiger partial charge is 0.183 e. The summed E-state index contributed by atoms with van der Waals surface area (Å²) >= 11 is 1.63. The Morgan fingerprint density at radius 3 is 2.35 bits per heavy atom. The summed E-state index contributed by atoms with van der Waals surface area (Å²) in [4.78, 5) is 4.62. The van der Waals surface area contributed by atoms with Crippen molar-refractivity contribution in [1.82, 2.24) is 4.98 Å². The Balaban J connectivity index is 2.12. The highest BCUT2D eigenvalue weighted by atomic mass is 32.1. The van der Waals surface area contributed by atoms with Crippen molar-refractivity contribution in [1.29, 1.82) is 0 Å². The van der Waals surface area contributed by atoms with Crippen LogP contribution >= 0.6 is 11.3 Å². The van der Waals surface area contributed by atoms with Gasteiger partial charge in [0.05, 0.1) is 11.8 Å². The first-order valence-corrected chi connectivity index (χ1v) is 7.72. The largest absolute Gasteiger partial charge is 0.491 e. The van der Waals surface area contributed by atoms with Gasteiger partial charge in [-0.15, -0.1) is 11.3 Å². The van der Waals surface area contributed by atoms with Gasteiger partial charge in [-0.25, -0.2) is 4.98 Å². The van der Waals surface area contributed by atoms with Gasteiger partial charge in [0.15, 0.2) is 5.13 Å². The highest BCUT2D eigenvalue weighted by Crippen LogP contribution is 2.28. The van der Waals surface area contributed by atoms with Gasteiger partial charge >= 0.3 is 0 Å². The third kappa shape index (κ3) is 4.23. The van der Waals surface area contributed by atoms with E-state index in [1.165, 1.54) is 0 Å². The van der Waals surface area contributed by atoms with Gasteiger partial charge in [-0.3, -0.25) is 0 Å². The molecule has 1 heterocycles. The molecule has 1 N–H and O–H groups in total. The molecule has 0 radical (unpaired) electrons. The Bertz CT molecular complexity index is 553. The second-order valence-electron chi connectivity index (χ2n) is 6.10. The summed E-state index contributed by atoms with van der Waals surface area (Å²) in [7, 11) is 0. The van der Waals surface area contributed by atoms with Crippen LogP contribution in [0.3, 0.4) is 0 Å². The second kappa shape index (κ2) is 5.83. The molecule has 1 aromatic carbocycles. The molecular formula is C16H22N2OS. The number of hydrogen-bond acceptors (Lipinski definition) is 4. The van der Waals surface area contributed by atoms with E-state index in [-0.39, 0.29) is 11.6 Å². The van der Waals surface area contributed by atoms with Crippen molar-refractivity contribution in [2.45, 2.75) is 46.3 Å². The zero-order valence-corrected chi connectivity index (χ0v) is 13.5. The number of ether oxygens (including phenoxy) is 1. The molecule has 2 rings (SSSR count). The lowest BCUT2D eigenvalue weighted by Crippen LogP contribution is -2.25. The minimum absolute atomic E-state index is 0.0318. The zero-order chi connectivity index (χ0) is 14.8. The van der Waals surface area contributed by atoms with E-state index in [2.05, 4.69) is 36.5 Å². The third-order valence-electron chi connectivity index (χ3n) is 2.51. The monoisotopic (exact) mass is 290 g/mol. The first kappa shape index (κ1) is 14.9. The van der Waals surface area contributed by atoms with Crippen molar-refractivity contribution in [3.05, 3.63) is 29.6 Å². The fraction of sp³-hybridized carbons (Fsp3) is 0.438. The molecular weight excluding hydrogens is 268 g/mol. The maximum atomic E-state index is 5.65. The van der Waals surface area contributed by atoms with Crippen molar-refractivity contribution in [3.8, 4) is 17.0 Å². The van der Waals surface area contributed by atoms with Crippen molar-refractivity contribution in [2.24, 2.45) is 0 Å². The number of rotatable bonds is 4. The number of anilines is 1. The fourth-order valence-corrected chi connectivity index (χ4v) is 2.69. The maximum Gasteiger partial charge on any atom is 0.183 e. The highest BCUT2D eigenvalue weighted by molar-refractivity contribution is 7.14. The maximum absolute atomic E-state index is 5.65. The van der Waals surface area contributed by atoms with Crippen LogP contribution < -0.4 is 10.1 Å². The molecule has 0 saturated heterocycles. The van der Waals surface area contributed by atoms with Gasteiger partial charge in [0.2, 0.25) is 0 Å². The van der Waals surface area contributed by atoms with Crippen molar-refractivity contribution < 1.29 is 4.74 Å². The minimum atomic E-state index is 0.0318. The number of benzene rings is 1. The fourth-order valence-electron chi connectivity index (χ4n) is 1.76. The van der Waals surface area contributed by atoms with Crippen molar-refractivity contribution >= 4 is 16.5 Å². The van der Waals surface area contributed by atoms with E-state index in [0.717, 1.165) is 22.1 Å². The van der Waals surface area contributed by atoms with E-state index < -0.39 is 0 Å². The Labute approximate surface area is 125 Å². The van der Waals surface area contributed by atoms with Crippen LogP contribution in [0.2, 0.25) is 0 Å². The van der Waals surface area contributed by atoms with Crippen LogP contribution in [-0.2, 0) is 0 Å². The average Bonchev–Trinajstić information content (AvgIpc) is 2.75. The summed E-state index contributed by atoms with van der Waals surface area (Å²) in [6.45, 7) is 10.4. The molecule has 20 heavy (non-hydrogen) atoms. The van der Waals surface area contributed by atoms with Gasteiger partial charge < -0.3 is 10.1 Å². The van der Waals surface area contributed by atoms with Crippen LogP contribution in [0.25, 0.3) is 11.3 Å². The van der Waals surface area contributed by atoms with Gasteiger partial charge in [0.25, 0.3) is 0 Å². The molecule has 0 saturated carbocycles. The molecule has 4 heteroatoms. The summed E-state index contributed by atoms with van der Waals surface area (Å²) in [5.41, 5.74) is 2.14. The molecule has 1 aromatic heterocycles. The Morgan fingerprint density at radius 1 is 1.15 bits per heavy atom. The van der Waals surface area contributed by atoms with Gasteiger partial charge in [-0.05, 0) is 58.9 Å². The average molecular weight is 290 g/mol. The van der Waals surface area contributed by atoms with E-state index >= 15 is 0 Å². The number of aromatic nitrogens is 1. The number of nitrogens with one attached hydrogen (secondary N) is 1. The van der Waals surface area contributed by atoms with E-state index in [1.54, 1.807) is 11.3 Å². The molecule has 0 atom stereocenters. The Hall–Kier alpha value is -1.55. The summed E-state index contributed by atoms with van der Waals surface area (Å²) < 4.78 is 5.65. The summed E-state index contributed by atoms with van der Waals surface area (Å²) in [6, 6.07) is 8.08. The van der Waals surface area contributed by atoms with Gasteiger partial charge in [0, 0.05) is 16.5 Å². The van der Waals surface area contributed by atoms with Crippen molar-refractivity contribution in [2.75, 3.05) is 5.32 Å². The van der Waals surface area contributed by atoms with Gasteiger partial charge in [-0.1, -0.05) is 0 Å². The molecule has 0 spiro atoms. The van der Waals surface area contributed by atoms with E-state index in [4.69, 9.17) is 4.74 Å². The first-order chi connectivity index (χ1) is 9.33. The molecule has 2 aromatic rings. The van der Waals surface area contributed by atoms with Crippen LogP contribution in [0.15, 0.2) is 29.6 Å². The van der Waals surface area contributed by atoms with Crippen LogP contribution in [0.1, 0.15) is 34.6 Å². The third-order valence-corrected chi connectivity index (χ3v) is 3.27. The second-order valence-corrected chi connectivity index (χ2v) is 6.96. The molecule has 108 valence electrons.